The van der Waals surface area contributed by atoms with Crippen LogP contribution in [0.15, 0.2) is 72.8 Å². The van der Waals surface area contributed by atoms with Gasteiger partial charge < -0.3 is 0 Å². The van der Waals surface area contributed by atoms with Crippen LogP contribution >= 0.6 is 0 Å². The lowest BCUT2D eigenvalue weighted by atomic mass is 9.87. The van der Waals surface area contributed by atoms with Gasteiger partial charge in [-0.25, -0.2) is 0 Å². The Hall–Kier alpha value is -1.82. The minimum atomic E-state index is 0.504. The van der Waals surface area contributed by atoms with Gasteiger partial charge in [-0.3, -0.25) is 0 Å². The maximum absolute atomic E-state index is 2.30. The molecule has 0 radical (unpaired) electrons. The van der Waals surface area contributed by atoms with E-state index in [0.717, 1.165) is 12.8 Å². The molecule has 0 spiro atoms. The average Bonchev–Trinajstić information content (AvgIpc) is 2.49. The first kappa shape index (κ1) is 13.6. The van der Waals surface area contributed by atoms with Crippen molar-refractivity contribution in [1.82, 2.24) is 0 Å². The summed E-state index contributed by atoms with van der Waals surface area (Å²) in [6.45, 7) is 2.18. The summed E-state index contributed by atoms with van der Waals surface area (Å²) < 4.78 is 0. The lowest BCUT2D eigenvalue weighted by Crippen LogP contribution is -2.00. The Bertz CT molecular complexity index is 442. The summed E-state index contributed by atoms with van der Waals surface area (Å²) in [5.41, 5.74) is 2.83. The van der Waals surface area contributed by atoms with E-state index in [1.165, 1.54) is 17.5 Å². The van der Waals surface area contributed by atoms with E-state index in [1.54, 1.807) is 0 Å². The SMILES string of the molecule is CC/C=C/CCC(c1ccccc1)c1ccccc1. The highest BCUT2D eigenvalue weighted by Gasteiger charge is 2.12. The summed E-state index contributed by atoms with van der Waals surface area (Å²) in [5, 5.41) is 0. The Balaban J connectivity index is 2.17. The first-order valence-electron chi connectivity index (χ1n) is 7.16. The van der Waals surface area contributed by atoms with Crippen LogP contribution in [0, 0.1) is 0 Å². The van der Waals surface area contributed by atoms with E-state index >= 15 is 0 Å². The van der Waals surface area contributed by atoms with Crippen molar-refractivity contribution in [3.8, 4) is 0 Å². The van der Waals surface area contributed by atoms with E-state index in [1.807, 2.05) is 0 Å². The third-order valence-electron chi connectivity index (χ3n) is 3.43. The first-order valence-corrected chi connectivity index (χ1v) is 7.16. The summed E-state index contributed by atoms with van der Waals surface area (Å²) in [7, 11) is 0. The maximum atomic E-state index is 2.30. The van der Waals surface area contributed by atoms with Crippen molar-refractivity contribution in [1.29, 1.82) is 0 Å². The highest BCUT2D eigenvalue weighted by Crippen LogP contribution is 2.29. The lowest BCUT2D eigenvalue weighted by Gasteiger charge is -2.17. The fourth-order valence-corrected chi connectivity index (χ4v) is 2.44. The predicted molar refractivity (Wildman–Crippen MR) is 83.4 cm³/mol. The molecule has 0 saturated carbocycles. The maximum Gasteiger partial charge on any atom is 0.00922 e. The highest BCUT2D eigenvalue weighted by molar-refractivity contribution is 5.32. The van der Waals surface area contributed by atoms with Gasteiger partial charge in [0.2, 0.25) is 0 Å². The second-order valence-electron chi connectivity index (χ2n) is 4.83. The average molecular weight is 250 g/mol. The van der Waals surface area contributed by atoms with Gasteiger partial charge in [0.15, 0.2) is 0 Å². The molecule has 0 heterocycles. The zero-order valence-electron chi connectivity index (χ0n) is 11.6. The van der Waals surface area contributed by atoms with E-state index in [0.29, 0.717) is 5.92 Å². The lowest BCUT2D eigenvalue weighted by molar-refractivity contribution is 0.727. The zero-order valence-corrected chi connectivity index (χ0v) is 11.6. The molecule has 98 valence electrons. The first-order chi connectivity index (χ1) is 9.42. The van der Waals surface area contributed by atoms with Crippen LogP contribution in [0.5, 0.6) is 0 Å². The van der Waals surface area contributed by atoms with Crippen LogP contribution in [0.2, 0.25) is 0 Å². The molecule has 0 atom stereocenters. The predicted octanol–water partition coefficient (Wildman–Crippen LogP) is 5.56. The van der Waals surface area contributed by atoms with Gasteiger partial charge in [0.25, 0.3) is 0 Å². The van der Waals surface area contributed by atoms with Crippen LogP contribution in [0.1, 0.15) is 43.2 Å². The fourth-order valence-electron chi connectivity index (χ4n) is 2.44. The molecule has 0 nitrogen and oxygen atoms in total. The number of allylic oxidation sites excluding steroid dienone is 2. The molecule has 0 fully saturated rings. The van der Waals surface area contributed by atoms with Crippen LogP contribution in [-0.4, -0.2) is 0 Å². The van der Waals surface area contributed by atoms with Gasteiger partial charge in [0, 0.05) is 5.92 Å². The van der Waals surface area contributed by atoms with Crippen LogP contribution in [0.4, 0.5) is 0 Å². The number of hydrogen-bond donors (Lipinski definition) is 0. The summed E-state index contributed by atoms with van der Waals surface area (Å²) in [5.74, 6) is 0.504. The number of hydrogen-bond acceptors (Lipinski definition) is 0. The quantitative estimate of drug-likeness (QED) is 0.588. The molecule has 19 heavy (non-hydrogen) atoms. The standard InChI is InChI=1S/C19H22/c1-2-3-4-11-16-19(17-12-7-5-8-13-17)18-14-9-6-10-15-18/h3-10,12-15,19H,2,11,16H2,1H3/b4-3+. The molecule has 2 rings (SSSR count). The molecule has 0 aromatic heterocycles. The molecule has 0 N–H and O–H groups in total. The van der Waals surface area contributed by atoms with Gasteiger partial charge in [0.05, 0.1) is 0 Å². The van der Waals surface area contributed by atoms with Crippen LogP contribution in [0.3, 0.4) is 0 Å². The monoisotopic (exact) mass is 250 g/mol. The molecule has 0 bridgehead atoms. The minimum Gasteiger partial charge on any atom is -0.0888 e. The van der Waals surface area contributed by atoms with Gasteiger partial charge in [0.1, 0.15) is 0 Å². The number of rotatable bonds is 6. The van der Waals surface area contributed by atoms with Crippen LogP contribution < -0.4 is 0 Å². The zero-order chi connectivity index (χ0) is 13.3. The molecule has 0 unspecified atom stereocenters. The third kappa shape index (κ3) is 4.10. The van der Waals surface area contributed by atoms with Gasteiger partial charge in [-0.2, -0.15) is 0 Å². The van der Waals surface area contributed by atoms with E-state index in [2.05, 4.69) is 79.7 Å². The van der Waals surface area contributed by atoms with Crippen molar-refractivity contribution < 1.29 is 0 Å². The molecular weight excluding hydrogens is 228 g/mol. The minimum absolute atomic E-state index is 0.504. The highest BCUT2D eigenvalue weighted by atomic mass is 14.2. The Morgan fingerprint density at radius 2 is 1.32 bits per heavy atom. The third-order valence-corrected chi connectivity index (χ3v) is 3.43. The second kappa shape index (κ2) is 7.58. The second-order valence-corrected chi connectivity index (χ2v) is 4.83. The topological polar surface area (TPSA) is 0 Å². The molecule has 0 amide bonds. The van der Waals surface area contributed by atoms with E-state index in [-0.39, 0.29) is 0 Å². The van der Waals surface area contributed by atoms with Crippen LogP contribution in [-0.2, 0) is 0 Å². The van der Waals surface area contributed by atoms with Gasteiger partial charge in [-0.15, -0.1) is 0 Å². The normalized spacial score (nSPS) is 11.3. The van der Waals surface area contributed by atoms with E-state index in [4.69, 9.17) is 0 Å². The number of benzene rings is 2. The molecule has 0 aliphatic rings. The molecule has 2 aromatic carbocycles. The summed E-state index contributed by atoms with van der Waals surface area (Å²) in [4.78, 5) is 0. The van der Waals surface area contributed by atoms with E-state index < -0.39 is 0 Å². The molecule has 0 aliphatic carbocycles. The van der Waals surface area contributed by atoms with Crippen LogP contribution in [0.25, 0.3) is 0 Å². The summed E-state index contributed by atoms with van der Waals surface area (Å²) in [6.07, 6.45) is 8.00. The summed E-state index contributed by atoms with van der Waals surface area (Å²) in [6, 6.07) is 21.6. The van der Waals surface area contributed by atoms with Crippen molar-refractivity contribution in [3.05, 3.63) is 83.9 Å². The van der Waals surface area contributed by atoms with Crippen molar-refractivity contribution in [3.63, 3.8) is 0 Å². The molecule has 0 saturated heterocycles. The Labute approximate surface area is 116 Å². The summed E-state index contributed by atoms with van der Waals surface area (Å²) >= 11 is 0. The largest absolute Gasteiger partial charge is 0.0888 e. The van der Waals surface area contributed by atoms with E-state index in [9.17, 15) is 0 Å². The van der Waals surface area contributed by atoms with Gasteiger partial charge >= 0.3 is 0 Å². The Morgan fingerprint density at radius 3 is 1.79 bits per heavy atom. The molecule has 0 aliphatic heterocycles. The Kier molecular flexibility index (Phi) is 5.43. The van der Waals surface area contributed by atoms with Crippen molar-refractivity contribution in [2.24, 2.45) is 0 Å². The smallest absolute Gasteiger partial charge is 0.00922 e. The van der Waals surface area contributed by atoms with Gasteiger partial charge in [-0.05, 0) is 30.4 Å². The van der Waals surface area contributed by atoms with Crippen molar-refractivity contribution >= 4 is 0 Å². The molecule has 0 heteroatoms. The van der Waals surface area contributed by atoms with Crippen molar-refractivity contribution in [2.75, 3.05) is 0 Å². The fraction of sp³-hybridized carbons (Fsp3) is 0.263. The molecule has 2 aromatic rings. The molecular formula is C19H22. The van der Waals surface area contributed by atoms with Crippen molar-refractivity contribution in [2.45, 2.75) is 32.1 Å². The van der Waals surface area contributed by atoms with Gasteiger partial charge in [-0.1, -0.05) is 79.7 Å². The Morgan fingerprint density at radius 1 is 0.789 bits per heavy atom.